The van der Waals surface area contributed by atoms with Crippen molar-refractivity contribution in [3.8, 4) is 16.3 Å². The maximum atomic E-state index is 12.8. The van der Waals surface area contributed by atoms with Crippen LogP contribution in [0, 0.1) is 6.92 Å². The predicted molar refractivity (Wildman–Crippen MR) is 118 cm³/mol. The number of nitrogens with zero attached hydrogens (tertiary/aromatic N) is 3. The summed E-state index contributed by atoms with van der Waals surface area (Å²) in [4.78, 5) is 21.7. The SMILES string of the molecule is COc1ccccc1N1CCN(C(=O)Cc2csc(-c3cccc(C)c3)n2)CC1. The van der Waals surface area contributed by atoms with Crippen LogP contribution in [-0.2, 0) is 11.2 Å². The van der Waals surface area contributed by atoms with Gasteiger partial charge in [0, 0.05) is 37.1 Å². The van der Waals surface area contributed by atoms with Gasteiger partial charge in [-0.3, -0.25) is 4.79 Å². The van der Waals surface area contributed by atoms with Crippen LogP contribution in [0.1, 0.15) is 11.3 Å². The average molecular weight is 408 g/mol. The lowest BCUT2D eigenvalue weighted by molar-refractivity contribution is -0.130. The summed E-state index contributed by atoms with van der Waals surface area (Å²) >= 11 is 1.60. The van der Waals surface area contributed by atoms with E-state index in [1.165, 1.54) is 5.56 Å². The summed E-state index contributed by atoms with van der Waals surface area (Å²) in [7, 11) is 1.69. The lowest BCUT2D eigenvalue weighted by atomic mass is 10.1. The fourth-order valence-corrected chi connectivity index (χ4v) is 4.47. The number of hydrogen-bond acceptors (Lipinski definition) is 5. The lowest BCUT2D eigenvalue weighted by Crippen LogP contribution is -2.49. The number of amides is 1. The second-order valence-corrected chi connectivity index (χ2v) is 8.09. The van der Waals surface area contributed by atoms with E-state index in [2.05, 4.69) is 41.1 Å². The smallest absolute Gasteiger partial charge is 0.228 e. The highest BCUT2D eigenvalue weighted by Gasteiger charge is 2.23. The number of benzene rings is 2. The van der Waals surface area contributed by atoms with Gasteiger partial charge in [0.15, 0.2) is 0 Å². The highest BCUT2D eigenvalue weighted by Crippen LogP contribution is 2.29. The van der Waals surface area contributed by atoms with Gasteiger partial charge in [-0.1, -0.05) is 35.9 Å². The minimum atomic E-state index is 0.144. The molecule has 0 N–H and O–H groups in total. The topological polar surface area (TPSA) is 45.7 Å². The number of ether oxygens (including phenoxy) is 1. The van der Waals surface area contributed by atoms with Crippen LogP contribution in [0.15, 0.2) is 53.9 Å². The zero-order valence-electron chi connectivity index (χ0n) is 16.8. The number of anilines is 1. The van der Waals surface area contributed by atoms with Crippen LogP contribution in [0.4, 0.5) is 5.69 Å². The first kappa shape index (κ1) is 19.5. The van der Waals surface area contributed by atoms with Crippen molar-refractivity contribution in [2.24, 2.45) is 0 Å². The number of carbonyl (C=O) groups is 1. The van der Waals surface area contributed by atoms with Gasteiger partial charge in [-0.05, 0) is 25.1 Å². The van der Waals surface area contributed by atoms with Crippen LogP contribution in [0.2, 0.25) is 0 Å². The monoisotopic (exact) mass is 407 g/mol. The highest BCUT2D eigenvalue weighted by atomic mass is 32.1. The number of thiazole rings is 1. The molecule has 1 aliphatic rings. The molecule has 0 radical (unpaired) electrons. The molecule has 3 aromatic rings. The van der Waals surface area contributed by atoms with Crippen molar-refractivity contribution in [3.63, 3.8) is 0 Å². The molecule has 0 atom stereocenters. The van der Waals surface area contributed by atoms with Gasteiger partial charge < -0.3 is 14.5 Å². The molecule has 5 nitrogen and oxygen atoms in total. The highest BCUT2D eigenvalue weighted by molar-refractivity contribution is 7.13. The van der Waals surface area contributed by atoms with Gasteiger partial charge >= 0.3 is 0 Å². The molecule has 2 aromatic carbocycles. The number of rotatable bonds is 5. The quantitative estimate of drug-likeness (QED) is 0.641. The minimum Gasteiger partial charge on any atom is -0.495 e. The van der Waals surface area contributed by atoms with Crippen LogP contribution in [0.5, 0.6) is 5.75 Å². The summed E-state index contributed by atoms with van der Waals surface area (Å²) in [6, 6.07) is 16.3. The Bertz CT molecular complexity index is 993. The number of hydrogen-bond donors (Lipinski definition) is 0. The van der Waals surface area contributed by atoms with Crippen LogP contribution in [0.25, 0.3) is 10.6 Å². The van der Waals surface area contributed by atoms with E-state index in [1.807, 2.05) is 34.5 Å². The summed E-state index contributed by atoms with van der Waals surface area (Å²) in [5, 5.41) is 2.97. The Hall–Kier alpha value is -2.86. The van der Waals surface area contributed by atoms with E-state index in [0.717, 1.165) is 40.8 Å². The summed E-state index contributed by atoms with van der Waals surface area (Å²) in [6.45, 7) is 5.11. The van der Waals surface area contributed by atoms with E-state index >= 15 is 0 Å². The Morgan fingerprint density at radius 3 is 2.66 bits per heavy atom. The largest absolute Gasteiger partial charge is 0.495 e. The van der Waals surface area contributed by atoms with Crippen molar-refractivity contribution in [3.05, 3.63) is 65.2 Å². The molecule has 1 saturated heterocycles. The maximum Gasteiger partial charge on any atom is 0.228 e. The van der Waals surface area contributed by atoms with Gasteiger partial charge in [0.25, 0.3) is 0 Å². The summed E-state index contributed by atoms with van der Waals surface area (Å²) < 4.78 is 5.47. The molecule has 150 valence electrons. The molecule has 0 bridgehead atoms. The third-order valence-electron chi connectivity index (χ3n) is 5.21. The van der Waals surface area contributed by atoms with E-state index in [0.29, 0.717) is 19.5 Å². The second-order valence-electron chi connectivity index (χ2n) is 7.23. The Kier molecular flexibility index (Phi) is 5.81. The zero-order chi connectivity index (χ0) is 20.2. The number of aryl methyl sites for hydroxylation is 1. The van der Waals surface area contributed by atoms with Gasteiger partial charge in [0.05, 0.1) is 24.9 Å². The molecule has 1 amide bonds. The summed E-state index contributed by atoms with van der Waals surface area (Å²) in [5.74, 6) is 1.02. The molecule has 1 fully saturated rings. The van der Waals surface area contributed by atoms with Gasteiger partial charge in [-0.25, -0.2) is 4.98 Å². The van der Waals surface area contributed by atoms with Gasteiger partial charge in [-0.15, -0.1) is 11.3 Å². The molecule has 0 aliphatic carbocycles. The van der Waals surface area contributed by atoms with Crippen LogP contribution >= 0.6 is 11.3 Å². The molecular formula is C23H25N3O2S. The van der Waals surface area contributed by atoms with Crippen LogP contribution in [0.3, 0.4) is 0 Å². The van der Waals surface area contributed by atoms with Crippen LogP contribution in [-0.4, -0.2) is 49.1 Å². The van der Waals surface area contributed by atoms with E-state index in [9.17, 15) is 4.79 Å². The Morgan fingerprint density at radius 1 is 1.10 bits per heavy atom. The first-order valence-corrected chi connectivity index (χ1v) is 10.7. The Balaban J connectivity index is 1.36. The van der Waals surface area contributed by atoms with E-state index in [1.54, 1.807) is 18.4 Å². The average Bonchev–Trinajstić information content (AvgIpc) is 3.22. The van der Waals surface area contributed by atoms with Crippen molar-refractivity contribution in [1.82, 2.24) is 9.88 Å². The first-order valence-electron chi connectivity index (χ1n) is 9.81. The molecule has 6 heteroatoms. The van der Waals surface area contributed by atoms with Crippen molar-refractivity contribution < 1.29 is 9.53 Å². The number of para-hydroxylation sites is 2. The van der Waals surface area contributed by atoms with Crippen molar-refractivity contribution in [2.45, 2.75) is 13.3 Å². The number of methoxy groups -OCH3 is 1. The number of aromatic nitrogens is 1. The lowest BCUT2D eigenvalue weighted by Gasteiger charge is -2.36. The van der Waals surface area contributed by atoms with Gasteiger partial charge in [-0.2, -0.15) is 0 Å². The number of carbonyl (C=O) groups excluding carboxylic acids is 1. The number of piperazine rings is 1. The van der Waals surface area contributed by atoms with Crippen molar-refractivity contribution >= 4 is 22.9 Å². The fourth-order valence-electron chi connectivity index (χ4n) is 3.65. The Labute approximate surface area is 175 Å². The summed E-state index contributed by atoms with van der Waals surface area (Å²) in [5.41, 5.74) is 4.26. The minimum absolute atomic E-state index is 0.144. The normalized spacial score (nSPS) is 14.1. The molecule has 0 spiro atoms. The first-order chi connectivity index (χ1) is 14.1. The molecule has 0 unspecified atom stereocenters. The molecule has 29 heavy (non-hydrogen) atoms. The zero-order valence-corrected chi connectivity index (χ0v) is 17.6. The fraction of sp³-hybridized carbons (Fsp3) is 0.304. The van der Waals surface area contributed by atoms with E-state index in [4.69, 9.17) is 4.74 Å². The van der Waals surface area contributed by atoms with E-state index < -0.39 is 0 Å². The molecule has 0 saturated carbocycles. The predicted octanol–water partition coefficient (Wildman–Crippen LogP) is 4.02. The molecule has 1 aliphatic heterocycles. The maximum absolute atomic E-state index is 12.8. The van der Waals surface area contributed by atoms with Crippen molar-refractivity contribution in [2.75, 3.05) is 38.2 Å². The third kappa shape index (κ3) is 4.43. The van der Waals surface area contributed by atoms with E-state index in [-0.39, 0.29) is 5.91 Å². The molecule has 1 aromatic heterocycles. The second kappa shape index (κ2) is 8.66. The standard InChI is InChI=1S/C23H25N3O2S/c1-17-6-5-7-18(14-17)23-24-19(16-29-23)15-22(27)26-12-10-25(11-13-26)20-8-3-4-9-21(20)28-2/h3-9,14,16H,10-13,15H2,1-2H3. The third-order valence-corrected chi connectivity index (χ3v) is 6.15. The van der Waals surface area contributed by atoms with Crippen molar-refractivity contribution in [1.29, 1.82) is 0 Å². The van der Waals surface area contributed by atoms with Crippen LogP contribution < -0.4 is 9.64 Å². The molecule has 2 heterocycles. The molecule has 4 rings (SSSR count). The summed E-state index contributed by atoms with van der Waals surface area (Å²) in [6.07, 6.45) is 0.358. The van der Waals surface area contributed by atoms with Gasteiger partial charge in [0.2, 0.25) is 5.91 Å². The molecular weight excluding hydrogens is 382 g/mol. The van der Waals surface area contributed by atoms with Gasteiger partial charge in [0.1, 0.15) is 10.8 Å². The Morgan fingerprint density at radius 2 is 1.90 bits per heavy atom.